The zero-order valence-electron chi connectivity index (χ0n) is 13.7. The molecule has 3 aromatic rings. The predicted molar refractivity (Wildman–Crippen MR) is 91.3 cm³/mol. The third kappa shape index (κ3) is 3.69. The van der Waals surface area contributed by atoms with Crippen molar-refractivity contribution in [2.45, 2.75) is 13.3 Å². The zero-order valence-corrected chi connectivity index (χ0v) is 13.7. The van der Waals surface area contributed by atoms with Gasteiger partial charge in [-0.1, -0.05) is 6.58 Å². The molecule has 1 amide bonds. The molecule has 1 aromatic carbocycles. The standard InChI is InChI=1S/C18H14F3N3O2/c1-3-16(25)23-12-8-15-11(2)10-24(17(15)22-9-12)13-4-6-14(7-5-13)26-18(19,20)21/h3-10H,1H2,2H3,(H,23,25). The number of rotatable bonds is 4. The molecule has 134 valence electrons. The van der Waals surface area contributed by atoms with Crippen molar-refractivity contribution in [3.05, 3.63) is 60.9 Å². The van der Waals surface area contributed by atoms with E-state index in [4.69, 9.17) is 0 Å². The molecule has 3 rings (SSSR count). The van der Waals surface area contributed by atoms with Gasteiger partial charge in [0.1, 0.15) is 11.4 Å². The topological polar surface area (TPSA) is 56.2 Å². The Morgan fingerprint density at radius 1 is 1.31 bits per heavy atom. The number of nitrogens with zero attached hydrogens (tertiary/aromatic N) is 2. The monoisotopic (exact) mass is 361 g/mol. The van der Waals surface area contributed by atoms with Crippen LogP contribution >= 0.6 is 0 Å². The largest absolute Gasteiger partial charge is 0.573 e. The lowest BCUT2D eigenvalue weighted by atomic mass is 10.2. The van der Waals surface area contributed by atoms with E-state index in [-0.39, 0.29) is 11.7 Å². The summed E-state index contributed by atoms with van der Waals surface area (Å²) in [5.41, 5.74) is 2.67. The summed E-state index contributed by atoms with van der Waals surface area (Å²) in [5, 5.41) is 3.45. The van der Waals surface area contributed by atoms with Gasteiger partial charge in [0, 0.05) is 17.3 Å². The molecule has 8 heteroatoms. The number of ether oxygens (including phenoxy) is 1. The normalized spacial score (nSPS) is 11.4. The number of hydrogen-bond acceptors (Lipinski definition) is 3. The van der Waals surface area contributed by atoms with E-state index in [2.05, 4.69) is 21.6 Å². The van der Waals surface area contributed by atoms with E-state index < -0.39 is 6.36 Å². The maximum Gasteiger partial charge on any atom is 0.573 e. The van der Waals surface area contributed by atoms with Gasteiger partial charge in [0.05, 0.1) is 11.9 Å². The number of hydrogen-bond donors (Lipinski definition) is 1. The molecule has 26 heavy (non-hydrogen) atoms. The van der Waals surface area contributed by atoms with E-state index in [0.717, 1.165) is 17.0 Å². The highest BCUT2D eigenvalue weighted by Gasteiger charge is 2.31. The zero-order chi connectivity index (χ0) is 18.9. The van der Waals surface area contributed by atoms with Crippen molar-refractivity contribution in [2.75, 3.05) is 5.32 Å². The summed E-state index contributed by atoms with van der Waals surface area (Å²) in [4.78, 5) is 15.8. The average Bonchev–Trinajstić information content (AvgIpc) is 2.90. The smallest absolute Gasteiger partial charge is 0.406 e. The maximum absolute atomic E-state index is 12.3. The Kier molecular flexibility index (Phi) is 4.41. The number of aromatic nitrogens is 2. The van der Waals surface area contributed by atoms with Gasteiger partial charge >= 0.3 is 6.36 Å². The van der Waals surface area contributed by atoms with Crippen LogP contribution in [0.25, 0.3) is 16.7 Å². The minimum Gasteiger partial charge on any atom is -0.406 e. The predicted octanol–water partition coefficient (Wildman–Crippen LogP) is 4.36. The molecular formula is C18H14F3N3O2. The van der Waals surface area contributed by atoms with Gasteiger partial charge < -0.3 is 14.6 Å². The lowest BCUT2D eigenvalue weighted by Crippen LogP contribution is -2.17. The van der Waals surface area contributed by atoms with Crippen LogP contribution < -0.4 is 10.1 Å². The Morgan fingerprint density at radius 2 is 2.00 bits per heavy atom. The minimum absolute atomic E-state index is 0.295. The second kappa shape index (κ2) is 6.55. The fourth-order valence-corrected chi connectivity index (χ4v) is 2.53. The van der Waals surface area contributed by atoms with Gasteiger partial charge in [0.15, 0.2) is 0 Å². The first-order valence-electron chi connectivity index (χ1n) is 7.54. The highest BCUT2D eigenvalue weighted by molar-refractivity contribution is 6.00. The third-order valence-corrected chi connectivity index (χ3v) is 3.64. The molecule has 0 unspecified atom stereocenters. The van der Waals surface area contributed by atoms with Crippen LogP contribution in [0.2, 0.25) is 0 Å². The molecule has 0 aliphatic heterocycles. The van der Waals surface area contributed by atoms with E-state index in [9.17, 15) is 18.0 Å². The third-order valence-electron chi connectivity index (χ3n) is 3.64. The van der Waals surface area contributed by atoms with Crippen molar-refractivity contribution in [1.29, 1.82) is 0 Å². The molecule has 0 aliphatic rings. The number of fused-ring (bicyclic) bond motifs is 1. The summed E-state index contributed by atoms with van der Waals surface area (Å²) in [6, 6.07) is 7.27. The number of benzene rings is 1. The van der Waals surface area contributed by atoms with Gasteiger partial charge in [0.2, 0.25) is 5.91 Å². The number of pyridine rings is 1. The second-order valence-electron chi connectivity index (χ2n) is 5.51. The Labute approximate surface area is 146 Å². The molecule has 5 nitrogen and oxygen atoms in total. The number of carbonyl (C=O) groups excluding carboxylic acids is 1. The Morgan fingerprint density at radius 3 is 2.62 bits per heavy atom. The van der Waals surface area contributed by atoms with E-state index in [1.807, 2.05) is 13.1 Å². The van der Waals surface area contributed by atoms with E-state index in [1.165, 1.54) is 30.5 Å². The lowest BCUT2D eigenvalue weighted by molar-refractivity contribution is -0.274. The van der Waals surface area contributed by atoms with E-state index in [0.29, 0.717) is 17.0 Å². The lowest BCUT2D eigenvalue weighted by Gasteiger charge is -2.10. The quantitative estimate of drug-likeness (QED) is 0.703. The van der Waals surface area contributed by atoms with Gasteiger partial charge in [-0.25, -0.2) is 4.98 Å². The molecule has 1 N–H and O–H groups in total. The molecule has 0 atom stereocenters. The Hall–Kier alpha value is -3.29. The van der Waals surface area contributed by atoms with Crippen LogP contribution in [0.15, 0.2) is 55.4 Å². The van der Waals surface area contributed by atoms with Gasteiger partial charge in [-0.15, -0.1) is 13.2 Å². The molecule has 0 aliphatic carbocycles. The number of amides is 1. The van der Waals surface area contributed by atoms with Crippen molar-refractivity contribution in [2.24, 2.45) is 0 Å². The van der Waals surface area contributed by atoms with Crippen molar-refractivity contribution >= 4 is 22.6 Å². The molecular weight excluding hydrogens is 347 g/mol. The minimum atomic E-state index is -4.73. The molecule has 0 radical (unpaired) electrons. The summed E-state index contributed by atoms with van der Waals surface area (Å²) < 4.78 is 42.4. The first-order chi connectivity index (χ1) is 12.3. The second-order valence-corrected chi connectivity index (χ2v) is 5.51. The summed E-state index contributed by atoms with van der Waals surface area (Å²) in [7, 11) is 0. The van der Waals surface area contributed by atoms with Crippen molar-refractivity contribution < 1.29 is 22.7 Å². The summed E-state index contributed by atoms with van der Waals surface area (Å²) in [5.74, 6) is -0.639. The first-order valence-corrected chi connectivity index (χ1v) is 7.54. The van der Waals surface area contributed by atoms with Crippen LogP contribution in [0, 0.1) is 6.92 Å². The number of aryl methyl sites for hydroxylation is 1. The Balaban J connectivity index is 1.95. The van der Waals surface area contributed by atoms with E-state index in [1.54, 1.807) is 10.6 Å². The number of alkyl halides is 3. The molecule has 2 heterocycles. The molecule has 0 saturated carbocycles. The van der Waals surface area contributed by atoms with Gasteiger partial charge in [-0.3, -0.25) is 4.79 Å². The van der Waals surface area contributed by atoms with Crippen LogP contribution in [-0.2, 0) is 4.79 Å². The van der Waals surface area contributed by atoms with Crippen molar-refractivity contribution in [1.82, 2.24) is 9.55 Å². The Bertz CT molecular complexity index is 976. The summed E-state index contributed by atoms with van der Waals surface area (Å²) in [6.07, 6.45) is -0.254. The highest BCUT2D eigenvalue weighted by Crippen LogP contribution is 2.28. The number of anilines is 1. The molecule has 0 saturated heterocycles. The van der Waals surface area contributed by atoms with Crippen LogP contribution in [0.3, 0.4) is 0 Å². The number of halogens is 3. The first kappa shape index (κ1) is 17.5. The van der Waals surface area contributed by atoms with Gasteiger partial charge in [-0.05, 0) is 48.9 Å². The van der Waals surface area contributed by atoms with Crippen molar-refractivity contribution in [3.63, 3.8) is 0 Å². The maximum atomic E-state index is 12.3. The van der Waals surface area contributed by atoms with Gasteiger partial charge in [-0.2, -0.15) is 0 Å². The number of nitrogens with one attached hydrogen (secondary N) is 1. The fourth-order valence-electron chi connectivity index (χ4n) is 2.53. The average molecular weight is 361 g/mol. The molecule has 0 spiro atoms. The van der Waals surface area contributed by atoms with Crippen LogP contribution in [-0.4, -0.2) is 21.8 Å². The molecule has 0 bridgehead atoms. The van der Waals surface area contributed by atoms with Crippen LogP contribution in [0.5, 0.6) is 5.75 Å². The van der Waals surface area contributed by atoms with Gasteiger partial charge in [0.25, 0.3) is 0 Å². The van der Waals surface area contributed by atoms with Crippen LogP contribution in [0.1, 0.15) is 5.56 Å². The number of carbonyl (C=O) groups is 1. The fraction of sp³-hybridized carbons (Fsp3) is 0.111. The van der Waals surface area contributed by atoms with E-state index >= 15 is 0 Å². The summed E-state index contributed by atoms with van der Waals surface area (Å²) >= 11 is 0. The SMILES string of the molecule is C=CC(=O)Nc1cnc2c(c1)c(C)cn2-c1ccc(OC(F)(F)F)cc1. The molecule has 2 aromatic heterocycles. The summed E-state index contributed by atoms with van der Waals surface area (Å²) in [6.45, 7) is 5.27. The van der Waals surface area contributed by atoms with Crippen LogP contribution in [0.4, 0.5) is 18.9 Å². The molecule has 0 fully saturated rings. The highest BCUT2D eigenvalue weighted by atomic mass is 19.4. The van der Waals surface area contributed by atoms with Crippen molar-refractivity contribution in [3.8, 4) is 11.4 Å².